The van der Waals surface area contributed by atoms with Gasteiger partial charge in [-0.05, 0) is 44.0 Å². The molecule has 1 amide bonds. The van der Waals surface area contributed by atoms with Crippen LogP contribution in [0.1, 0.15) is 38.5 Å². The number of aromatic nitrogens is 3. The summed E-state index contributed by atoms with van der Waals surface area (Å²) in [5.74, 6) is 0.910. The number of aryl methyl sites for hydroxylation is 3. The number of ether oxygens (including phenoxy) is 1. The Morgan fingerprint density at radius 2 is 1.65 bits per heavy atom. The molecule has 0 radical (unpaired) electrons. The first kappa shape index (κ1) is 24.1. The van der Waals surface area contributed by atoms with Crippen molar-refractivity contribution < 1.29 is 14.1 Å². The molecule has 0 spiro atoms. The third-order valence-electron chi connectivity index (χ3n) is 5.30. The number of amides is 1. The topological polar surface area (TPSA) is 82.2 Å². The fourth-order valence-corrected chi connectivity index (χ4v) is 4.20. The van der Waals surface area contributed by atoms with E-state index < -0.39 is 5.91 Å². The number of nitrogens with zero attached hydrogens (tertiary/aromatic N) is 3. The van der Waals surface area contributed by atoms with Crippen molar-refractivity contribution in [1.82, 2.24) is 14.9 Å². The zero-order chi connectivity index (χ0) is 24.4. The Hall–Kier alpha value is -3.00. The maximum Gasteiger partial charge on any atom is 0.279 e. The normalized spacial score (nSPS) is 11.0. The zero-order valence-electron chi connectivity index (χ0n) is 18.7. The van der Waals surface area contributed by atoms with E-state index in [1.54, 1.807) is 36.0 Å². The van der Waals surface area contributed by atoms with Crippen molar-refractivity contribution in [2.24, 2.45) is 0 Å². The Morgan fingerprint density at radius 1 is 1.00 bits per heavy atom. The molecule has 2 aromatic carbocycles. The van der Waals surface area contributed by atoms with Gasteiger partial charge < -0.3 is 14.6 Å². The van der Waals surface area contributed by atoms with Crippen LogP contribution < -0.4 is 10.1 Å². The number of hydrogen-bond donors (Lipinski definition) is 1. The van der Waals surface area contributed by atoms with Gasteiger partial charge in [0.25, 0.3) is 5.91 Å². The Labute approximate surface area is 211 Å². The lowest BCUT2D eigenvalue weighted by molar-refractivity contribution is 0.101. The summed E-state index contributed by atoms with van der Waals surface area (Å²) < 4.78 is 12.8. The molecule has 2 aromatic heterocycles. The van der Waals surface area contributed by atoms with Gasteiger partial charge in [-0.1, -0.05) is 64.2 Å². The Kier molecular flexibility index (Phi) is 7.16. The number of benzene rings is 2. The highest BCUT2D eigenvalue weighted by Gasteiger charge is 2.23. The molecule has 0 aliphatic carbocycles. The summed E-state index contributed by atoms with van der Waals surface area (Å²) in [6.45, 7) is 6.06. The summed E-state index contributed by atoms with van der Waals surface area (Å²) in [4.78, 5) is 13.0. The lowest BCUT2D eigenvalue weighted by atomic mass is 10.1. The first-order chi connectivity index (χ1) is 16.2. The summed E-state index contributed by atoms with van der Waals surface area (Å²) in [5, 5.41) is 12.2. The van der Waals surface area contributed by atoms with Crippen LogP contribution >= 0.6 is 34.8 Å². The number of rotatable bonds is 7. The SMILES string of the molecule is Cc1cccc(C)c1OCc1c(C(=O)Nc2nn(Cc3c(Cl)cccc3Cl)cc2Cl)noc1C. The van der Waals surface area contributed by atoms with Crippen LogP contribution in [0, 0.1) is 20.8 Å². The minimum Gasteiger partial charge on any atom is -0.488 e. The second-order valence-electron chi connectivity index (χ2n) is 7.75. The van der Waals surface area contributed by atoms with Gasteiger partial charge >= 0.3 is 0 Å². The molecule has 0 aliphatic rings. The minimum absolute atomic E-state index is 0.100. The highest BCUT2D eigenvalue weighted by molar-refractivity contribution is 6.36. The Bertz CT molecular complexity index is 1320. The number of para-hydroxylation sites is 1. The molecule has 4 aromatic rings. The summed E-state index contributed by atoms with van der Waals surface area (Å²) in [7, 11) is 0. The Morgan fingerprint density at radius 3 is 2.32 bits per heavy atom. The van der Waals surface area contributed by atoms with E-state index in [-0.39, 0.29) is 29.7 Å². The van der Waals surface area contributed by atoms with Crippen molar-refractivity contribution in [3.8, 4) is 5.75 Å². The number of carbonyl (C=O) groups is 1. The lowest BCUT2D eigenvalue weighted by Crippen LogP contribution is -2.16. The molecular weight excluding hydrogens is 499 g/mol. The number of hydrogen-bond acceptors (Lipinski definition) is 5. The zero-order valence-corrected chi connectivity index (χ0v) is 20.9. The van der Waals surface area contributed by atoms with Gasteiger partial charge in [0.2, 0.25) is 0 Å². The van der Waals surface area contributed by atoms with Crippen molar-refractivity contribution in [2.45, 2.75) is 33.9 Å². The maximum atomic E-state index is 13.0. The number of halogens is 3. The largest absolute Gasteiger partial charge is 0.488 e. The van der Waals surface area contributed by atoms with E-state index >= 15 is 0 Å². The molecule has 34 heavy (non-hydrogen) atoms. The van der Waals surface area contributed by atoms with Crippen LogP contribution in [-0.2, 0) is 13.2 Å². The van der Waals surface area contributed by atoms with Crippen LogP contribution in [0.3, 0.4) is 0 Å². The molecule has 4 rings (SSSR count). The molecule has 0 fully saturated rings. The quantitative estimate of drug-likeness (QED) is 0.296. The van der Waals surface area contributed by atoms with Crippen LogP contribution in [0.25, 0.3) is 0 Å². The number of nitrogens with one attached hydrogen (secondary N) is 1. The molecule has 1 N–H and O–H groups in total. The molecule has 176 valence electrons. The van der Waals surface area contributed by atoms with Gasteiger partial charge in [0, 0.05) is 21.8 Å². The van der Waals surface area contributed by atoms with Crippen LogP contribution in [0.2, 0.25) is 15.1 Å². The maximum absolute atomic E-state index is 13.0. The molecule has 0 bridgehead atoms. The minimum atomic E-state index is -0.514. The summed E-state index contributed by atoms with van der Waals surface area (Å²) in [6.07, 6.45) is 1.58. The third kappa shape index (κ3) is 5.06. The fourth-order valence-electron chi connectivity index (χ4n) is 3.49. The van der Waals surface area contributed by atoms with E-state index in [0.29, 0.717) is 26.9 Å². The second-order valence-corrected chi connectivity index (χ2v) is 8.97. The van der Waals surface area contributed by atoms with Gasteiger partial charge in [-0.3, -0.25) is 9.48 Å². The molecule has 7 nitrogen and oxygen atoms in total. The van der Waals surface area contributed by atoms with Crippen molar-refractivity contribution in [3.63, 3.8) is 0 Å². The van der Waals surface area contributed by atoms with Gasteiger partial charge in [-0.2, -0.15) is 5.10 Å². The number of anilines is 1. The molecule has 0 aliphatic heterocycles. The van der Waals surface area contributed by atoms with Gasteiger partial charge in [0.05, 0.1) is 12.1 Å². The van der Waals surface area contributed by atoms with E-state index in [4.69, 9.17) is 44.1 Å². The second kappa shape index (κ2) is 10.1. The molecular formula is C24H21Cl3N4O3. The first-order valence-electron chi connectivity index (χ1n) is 10.4. The first-order valence-corrected chi connectivity index (χ1v) is 11.5. The van der Waals surface area contributed by atoms with Crippen LogP contribution in [0.15, 0.2) is 47.1 Å². The van der Waals surface area contributed by atoms with Crippen LogP contribution in [0.4, 0.5) is 5.82 Å². The van der Waals surface area contributed by atoms with E-state index in [1.807, 2.05) is 32.0 Å². The van der Waals surface area contributed by atoms with E-state index in [1.165, 1.54) is 0 Å². The summed E-state index contributed by atoms with van der Waals surface area (Å²) in [5.41, 5.74) is 3.33. The molecule has 0 atom stereocenters. The van der Waals surface area contributed by atoms with Crippen molar-refractivity contribution in [2.75, 3.05) is 5.32 Å². The van der Waals surface area contributed by atoms with Crippen molar-refractivity contribution in [3.05, 3.63) is 91.4 Å². The summed E-state index contributed by atoms with van der Waals surface area (Å²) in [6, 6.07) is 11.1. The van der Waals surface area contributed by atoms with Crippen LogP contribution in [-0.4, -0.2) is 20.8 Å². The van der Waals surface area contributed by atoms with Crippen molar-refractivity contribution in [1.29, 1.82) is 0 Å². The smallest absolute Gasteiger partial charge is 0.279 e. The molecule has 2 heterocycles. The molecule has 0 unspecified atom stereocenters. The van der Waals surface area contributed by atoms with Gasteiger partial charge in [0.15, 0.2) is 11.5 Å². The number of carbonyl (C=O) groups excluding carboxylic acids is 1. The van der Waals surface area contributed by atoms with Crippen molar-refractivity contribution >= 4 is 46.5 Å². The molecule has 0 saturated carbocycles. The molecule has 0 saturated heterocycles. The lowest BCUT2D eigenvalue weighted by Gasteiger charge is -2.12. The molecule has 10 heteroatoms. The highest BCUT2D eigenvalue weighted by Crippen LogP contribution is 2.28. The Balaban J connectivity index is 1.51. The monoisotopic (exact) mass is 518 g/mol. The van der Waals surface area contributed by atoms with Gasteiger partial charge in [-0.25, -0.2) is 0 Å². The highest BCUT2D eigenvalue weighted by atomic mass is 35.5. The average molecular weight is 520 g/mol. The van der Waals surface area contributed by atoms with E-state index in [9.17, 15) is 4.79 Å². The van der Waals surface area contributed by atoms with Gasteiger partial charge in [-0.15, -0.1) is 0 Å². The summed E-state index contributed by atoms with van der Waals surface area (Å²) >= 11 is 18.8. The fraction of sp³-hybridized carbons (Fsp3) is 0.208. The van der Waals surface area contributed by atoms with E-state index in [2.05, 4.69) is 15.6 Å². The predicted octanol–water partition coefficient (Wildman–Crippen LogP) is 6.64. The standard InChI is InChI=1S/C24H21Cl3N4O3/c1-13-6-4-7-14(2)22(13)33-12-17-15(3)34-30-21(17)24(32)28-23-20(27)11-31(29-23)10-16-18(25)8-5-9-19(16)26/h4-9,11H,10,12H2,1-3H3,(H,28,29,32). The van der Waals surface area contributed by atoms with Crippen LogP contribution in [0.5, 0.6) is 5.75 Å². The van der Waals surface area contributed by atoms with E-state index in [0.717, 1.165) is 16.9 Å². The average Bonchev–Trinajstić information content (AvgIpc) is 3.32. The van der Waals surface area contributed by atoms with Gasteiger partial charge in [0.1, 0.15) is 23.1 Å². The third-order valence-corrected chi connectivity index (χ3v) is 6.28. The predicted molar refractivity (Wildman–Crippen MR) is 132 cm³/mol.